The van der Waals surface area contributed by atoms with E-state index in [-0.39, 0.29) is 0 Å². The summed E-state index contributed by atoms with van der Waals surface area (Å²) in [6.07, 6.45) is 9.59. The Morgan fingerprint density at radius 2 is 1.75 bits per heavy atom. The predicted molar refractivity (Wildman–Crippen MR) is 107 cm³/mol. The van der Waals surface area contributed by atoms with Gasteiger partial charge in [0.05, 0.1) is 8.07 Å². The molecule has 0 fully saturated rings. The molecular formula is C22H32OSi. The van der Waals surface area contributed by atoms with Crippen LogP contribution in [0.5, 0.6) is 0 Å². The maximum Gasteiger partial charge on any atom is 0.163 e. The Morgan fingerprint density at radius 3 is 2.38 bits per heavy atom. The van der Waals surface area contributed by atoms with Crippen LogP contribution in [0.2, 0.25) is 19.6 Å². The molecule has 0 radical (unpaired) electrons. The first-order valence-corrected chi connectivity index (χ1v) is 12.9. The maximum atomic E-state index is 12.3. The minimum Gasteiger partial charge on any atom is -0.294 e. The molecule has 1 aromatic rings. The molecule has 0 heterocycles. The van der Waals surface area contributed by atoms with Crippen LogP contribution >= 0.6 is 0 Å². The second-order valence-corrected chi connectivity index (χ2v) is 13.1. The number of benzene rings is 1. The topological polar surface area (TPSA) is 17.1 Å². The smallest absolute Gasteiger partial charge is 0.163 e. The summed E-state index contributed by atoms with van der Waals surface area (Å²) in [5, 5.41) is 1.61. The molecule has 1 nitrogen and oxygen atoms in total. The minimum atomic E-state index is -1.40. The molecule has 0 saturated carbocycles. The van der Waals surface area contributed by atoms with Gasteiger partial charge in [-0.05, 0) is 48.8 Å². The predicted octanol–water partition coefficient (Wildman–Crippen LogP) is 6.27. The van der Waals surface area contributed by atoms with E-state index in [4.69, 9.17) is 0 Å². The molecular weight excluding hydrogens is 308 g/mol. The number of hydrogen-bond donors (Lipinski definition) is 0. The van der Waals surface area contributed by atoms with Gasteiger partial charge in [0.1, 0.15) is 0 Å². The van der Waals surface area contributed by atoms with Gasteiger partial charge >= 0.3 is 0 Å². The number of allylic oxidation sites excluding steroid dienone is 4. The van der Waals surface area contributed by atoms with E-state index in [0.717, 1.165) is 37.7 Å². The molecule has 0 amide bonds. The molecule has 0 atom stereocenters. The highest BCUT2D eigenvalue weighted by atomic mass is 28.3. The Balaban J connectivity index is 2.11. The first kappa shape index (κ1) is 18.9. The van der Waals surface area contributed by atoms with Crippen molar-refractivity contribution in [3.05, 3.63) is 58.3 Å². The SMILES string of the molecule is CCCCC1=C/C(=C(\CCCc2ccccc2)[Si](C)(C)C)CC1=O. The average molecular weight is 341 g/mol. The van der Waals surface area contributed by atoms with Crippen LogP contribution in [-0.4, -0.2) is 13.9 Å². The van der Waals surface area contributed by atoms with Crippen LogP contribution < -0.4 is 0 Å². The van der Waals surface area contributed by atoms with Crippen molar-refractivity contribution < 1.29 is 4.79 Å². The van der Waals surface area contributed by atoms with Gasteiger partial charge in [0, 0.05) is 6.42 Å². The van der Waals surface area contributed by atoms with E-state index in [1.54, 1.807) is 5.20 Å². The lowest BCUT2D eigenvalue weighted by Crippen LogP contribution is -2.25. The van der Waals surface area contributed by atoms with E-state index in [1.165, 1.54) is 17.6 Å². The Kier molecular flexibility index (Phi) is 6.79. The summed E-state index contributed by atoms with van der Waals surface area (Å²) in [5.41, 5.74) is 3.85. The Hall–Kier alpha value is -1.41. The second kappa shape index (κ2) is 8.62. The van der Waals surface area contributed by atoms with Crippen molar-refractivity contribution in [2.75, 3.05) is 0 Å². The molecule has 130 valence electrons. The van der Waals surface area contributed by atoms with Crippen LogP contribution in [-0.2, 0) is 11.2 Å². The lowest BCUT2D eigenvalue weighted by atomic mass is 10.1. The van der Waals surface area contributed by atoms with Crippen molar-refractivity contribution >= 4 is 13.9 Å². The zero-order valence-electron chi connectivity index (χ0n) is 15.8. The van der Waals surface area contributed by atoms with Crippen molar-refractivity contribution in [3.63, 3.8) is 0 Å². The number of hydrogen-bond acceptors (Lipinski definition) is 1. The third kappa shape index (κ3) is 5.30. The van der Waals surface area contributed by atoms with Crippen molar-refractivity contribution in [2.24, 2.45) is 0 Å². The van der Waals surface area contributed by atoms with E-state index in [2.05, 4.69) is 63.0 Å². The largest absolute Gasteiger partial charge is 0.294 e. The van der Waals surface area contributed by atoms with E-state index in [9.17, 15) is 4.79 Å². The van der Waals surface area contributed by atoms with Gasteiger partial charge in [-0.1, -0.05) is 74.6 Å². The van der Waals surface area contributed by atoms with Gasteiger partial charge in [0.15, 0.2) is 5.78 Å². The highest BCUT2D eigenvalue weighted by molar-refractivity contribution is 6.83. The van der Waals surface area contributed by atoms with Crippen molar-refractivity contribution in [1.82, 2.24) is 0 Å². The van der Waals surface area contributed by atoms with Gasteiger partial charge in [-0.25, -0.2) is 0 Å². The fourth-order valence-corrected chi connectivity index (χ4v) is 5.58. The van der Waals surface area contributed by atoms with Gasteiger partial charge in [-0.15, -0.1) is 0 Å². The fraction of sp³-hybridized carbons (Fsp3) is 0.500. The van der Waals surface area contributed by atoms with Crippen LogP contribution in [0.15, 0.2) is 52.8 Å². The number of ketones is 1. The van der Waals surface area contributed by atoms with E-state index in [1.807, 2.05) is 0 Å². The van der Waals surface area contributed by atoms with E-state index < -0.39 is 8.07 Å². The van der Waals surface area contributed by atoms with Gasteiger partial charge in [0.25, 0.3) is 0 Å². The molecule has 24 heavy (non-hydrogen) atoms. The first-order chi connectivity index (χ1) is 11.4. The molecule has 0 bridgehead atoms. The molecule has 1 aliphatic rings. The van der Waals surface area contributed by atoms with E-state index in [0.29, 0.717) is 12.2 Å². The summed E-state index contributed by atoms with van der Waals surface area (Å²) in [5.74, 6) is 0.372. The summed E-state index contributed by atoms with van der Waals surface area (Å²) in [6, 6.07) is 10.7. The number of carbonyl (C=O) groups is 1. The molecule has 0 aromatic heterocycles. The monoisotopic (exact) mass is 340 g/mol. The minimum absolute atomic E-state index is 0.372. The Bertz CT molecular complexity index is 617. The number of rotatable bonds is 8. The normalized spacial score (nSPS) is 17.2. The summed E-state index contributed by atoms with van der Waals surface area (Å²) in [6.45, 7) is 9.44. The van der Waals surface area contributed by atoms with Crippen LogP contribution in [0.25, 0.3) is 0 Å². The fourth-order valence-electron chi connectivity index (χ4n) is 3.53. The lowest BCUT2D eigenvalue weighted by Gasteiger charge is -2.23. The number of unbranched alkanes of at least 4 members (excludes halogenated alkanes) is 1. The van der Waals surface area contributed by atoms with Gasteiger partial charge in [-0.2, -0.15) is 0 Å². The lowest BCUT2D eigenvalue weighted by molar-refractivity contribution is -0.114. The zero-order valence-corrected chi connectivity index (χ0v) is 16.8. The molecule has 0 aliphatic heterocycles. The van der Waals surface area contributed by atoms with Crippen LogP contribution in [0.4, 0.5) is 0 Å². The highest BCUT2D eigenvalue weighted by Gasteiger charge is 2.27. The molecule has 0 N–H and O–H groups in total. The maximum absolute atomic E-state index is 12.3. The van der Waals surface area contributed by atoms with Crippen LogP contribution in [0.1, 0.15) is 51.0 Å². The van der Waals surface area contributed by atoms with Crippen molar-refractivity contribution in [2.45, 2.75) is 71.5 Å². The van der Waals surface area contributed by atoms with Gasteiger partial charge < -0.3 is 0 Å². The quantitative estimate of drug-likeness (QED) is 0.509. The molecule has 0 unspecified atom stereocenters. The molecule has 2 rings (SSSR count). The number of Topliss-reactive ketones (excluding diaryl/α,β-unsaturated/α-hetero) is 1. The summed E-state index contributed by atoms with van der Waals surface area (Å²) in [4.78, 5) is 12.3. The molecule has 1 aliphatic carbocycles. The highest BCUT2D eigenvalue weighted by Crippen LogP contribution is 2.33. The van der Waals surface area contributed by atoms with Gasteiger partial charge in [0.2, 0.25) is 0 Å². The summed E-state index contributed by atoms with van der Waals surface area (Å²) in [7, 11) is -1.40. The molecule has 0 saturated heterocycles. The van der Waals surface area contributed by atoms with Gasteiger partial charge in [-0.3, -0.25) is 4.79 Å². The second-order valence-electron chi connectivity index (χ2n) is 7.97. The molecule has 1 aromatic carbocycles. The van der Waals surface area contributed by atoms with E-state index >= 15 is 0 Å². The Morgan fingerprint density at radius 1 is 1.04 bits per heavy atom. The summed E-state index contributed by atoms with van der Waals surface area (Å²) < 4.78 is 0. The van der Waals surface area contributed by atoms with Crippen molar-refractivity contribution in [3.8, 4) is 0 Å². The van der Waals surface area contributed by atoms with Crippen molar-refractivity contribution in [1.29, 1.82) is 0 Å². The standard InChI is InChI=1S/C22H32OSi/c1-5-6-14-19-16-20(17-21(19)23)22(24(2,3)4)15-10-13-18-11-8-7-9-12-18/h7-9,11-12,16H,5-6,10,13-15,17H2,1-4H3/b22-20-. The third-order valence-corrected chi connectivity index (χ3v) is 7.27. The molecule has 0 spiro atoms. The van der Waals surface area contributed by atoms with Crippen LogP contribution in [0, 0.1) is 0 Å². The zero-order chi connectivity index (χ0) is 17.6. The molecule has 2 heteroatoms. The summed E-state index contributed by atoms with van der Waals surface area (Å²) >= 11 is 0. The number of carbonyl (C=O) groups excluding carboxylic acids is 1. The average Bonchev–Trinajstić information content (AvgIpc) is 2.89. The third-order valence-electron chi connectivity index (χ3n) is 4.89. The first-order valence-electron chi connectivity index (χ1n) is 9.42. The van der Waals surface area contributed by atoms with Crippen LogP contribution in [0.3, 0.4) is 0 Å². The Labute approximate surface area is 148 Å². The number of aryl methyl sites for hydroxylation is 1.